The molecule has 2 aliphatic rings. The lowest BCUT2D eigenvalue weighted by Crippen LogP contribution is -2.69. The van der Waals surface area contributed by atoms with Crippen LogP contribution in [0.4, 0.5) is 4.79 Å². The lowest BCUT2D eigenvalue weighted by atomic mass is 9.77. The number of fused-ring (bicyclic) bond motifs is 1. The molecule has 0 radical (unpaired) electrons. The minimum absolute atomic E-state index is 0.0541. The Morgan fingerprint density at radius 3 is 2.61 bits per heavy atom. The van der Waals surface area contributed by atoms with E-state index in [1.54, 1.807) is 19.9 Å². The Bertz CT molecular complexity index is 1060. The van der Waals surface area contributed by atoms with Gasteiger partial charge < -0.3 is 24.8 Å². The highest BCUT2D eigenvalue weighted by Crippen LogP contribution is 2.49. The molecule has 2 atom stereocenters. The zero-order chi connectivity index (χ0) is 23.8. The van der Waals surface area contributed by atoms with Gasteiger partial charge in [0.05, 0.1) is 11.1 Å². The molecular weight excluding hydrogens is 444 g/mol. The maximum absolute atomic E-state index is 12.5. The summed E-state index contributed by atoms with van der Waals surface area (Å²) in [5, 5.41) is 6.34. The molecule has 2 aliphatic heterocycles. The Kier molecular flexibility index (Phi) is 6.18. The molecule has 0 saturated carbocycles. The first-order chi connectivity index (χ1) is 15.6. The van der Waals surface area contributed by atoms with Crippen molar-refractivity contribution >= 4 is 23.6 Å². The molecule has 4 rings (SSSR count). The number of ether oxygens (including phenoxy) is 3. The van der Waals surface area contributed by atoms with Gasteiger partial charge in [-0.2, -0.15) is 0 Å². The second-order valence-electron chi connectivity index (χ2n) is 9.55. The van der Waals surface area contributed by atoms with Crippen molar-refractivity contribution in [2.24, 2.45) is 0 Å². The first-order valence-electron chi connectivity index (χ1n) is 11.1. The minimum Gasteiger partial charge on any atom is -0.480 e. The number of benzene rings is 2. The summed E-state index contributed by atoms with van der Waals surface area (Å²) in [5.74, 6) is 0.344. The van der Waals surface area contributed by atoms with E-state index in [9.17, 15) is 9.59 Å². The highest BCUT2D eigenvalue weighted by molar-refractivity contribution is 6.32. The van der Waals surface area contributed by atoms with Crippen LogP contribution in [-0.4, -0.2) is 36.0 Å². The highest BCUT2D eigenvalue weighted by atomic mass is 35.5. The van der Waals surface area contributed by atoms with Gasteiger partial charge in [0, 0.05) is 35.9 Å². The van der Waals surface area contributed by atoms with Crippen LogP contribution in [0.1, 0.15) is 57.6 Å². The normalized spacial score (nSPS) is 23.2. The van der Waals surface area contributed by atoms with Gasteiger partial charge >= 0.3 is 12.0 Å². The van der Waals surface area contributed by atoms with Gasteiger partial charge in [-0.3, -0.25) is 0 Å². The van der Waals surface area contributed by atoms with Crippen molar-refractivity contribution in [3.63, 3.8) is 0 Å². The third-order valence-electron chi connectivity index (χ3n) is 5.71. The molecule has 7 nitrogen and oxygen atoms in total. The van der Waals surface area contributed by atoms with E-state index in [0.717, 1.165) is 11.1 Å². The van der Waals surface area contributed by atoms with Crippen LogP contribution < -0.4 is 20.1 Å². The van der Waals surface area contributed by atoms with E-state index in [1.807, 2.05) is 38.1 Å². The van der Waals surface area contributed by atoms with Crippen molar-refractivity contribution in [2.45, 2.75) is 63.8 Å². The van der Waals surface area contributed by atoms with Crippen LogP contribution in [-0.2, 0) is 9.53 Å². The third kappa shape index (κ3) is 5.19. The predicted molar refractivity (Wildman–Crippen MR) is 125 cm³/mol. The van der Waals surface area contributed by atoms with Crippen LogP contribution >= 0.6 is 11.6 Å². The van der Waals surface area contributed by atoms with Crippen LogP contribution in [0.2, 0.25) is 5.02 Å². The van der Waals surface area contributed by atoms with Crippen molar-refractivity contribution in [3.05, 3.63) is 58.6 Å². The molecule has 2 heterocycles. The standard InChI is InChI=1S/C25H29ClN2O5/c1-15(2)32-22(29)13-31-21-11-20-17(10-19(21)26)18(16-8-6-5-7-9-16)12-25(33-20)14-24(3,4)27-23(30)28-25/h5-11,15,18H,12-14H2,1-4H3,(H2,27,28,30)/t18-,25+/m1/s1. The lowest BCUT2D eigenvalue weighted by molar-refractivity contribution is -0.149. The monoisotopic (exact) mass is 472 g/mol. The smallest absolute Gasteiger partial charge is 0.344 e. The number of urea groups is 1. The molecule has 0 aromatic heterocycles. The summed E-state index contributed by atoms with van der Waals surface area (Å²) < 4.78 is 17.2. The van der Waals surface area contributed by atoms with Crippen LogP contribution in [0.25, 0.3) is 0 Å². The molecule has 2 aromatic rings. The van der Waals surface area contributed by atoms with Gasteiger partial charge in [0.25, 0.3) is 0 Å². The molecule has 8 heteroatoms. The summed E-state index contributed by atoms with van der Waals surface area (Å²) >= 11 is 6.54. The number of esters is 1. The fourth-order valence-electron chi connectivity index (χ4n) is 4.66. The molecule has 0 unspecified atom stereocenters. The zero-order valence-corrected chi connectivity index (χ0v) is 20.0. The Balaban J connectivity index is 1.71. The molecule has 1 saturated heterocycles. The molecule has 0 bridgehead atoms. The van der Waals surface area contributed by atoms with E-state index < -0.39 is 17.2 Å². The van der Waals surface area contributed by atoms with Crippen LogP contribution in [0.3, 0.4) is 0 Å². The summed E-state index contributed by atoms with van der Waals surface area (Å²) in [4.78, 5) is 24.4. The summed E-state index contributed by atoms with van der Waals surface area (Å²) in [5.41, 5.74) is 0.644. The summed E-state index contributed by atoms with van der Waals surface area (Å²) in [7, 11) is 0. The second-order valence-corrected chi connectivity index (χ2v) is 9.96. The summed E-state index contributed by atoms with van der Waals surface area (Å²) in [6, 6.07) is 13.3. The number of nitrogens with one attached hydrogen (secondary N) is 2. The fourth-order valence-corrected chi connectivity index (χ4v) is 4.89. The fraction of sp³-hybridized carbons (Fsp3) is 0.440. The first kappa shape index (κ1) is 23.2. The van der Waals surface area contributed by atoms with Gasteiger partial charge in [-0.1, -0.05) is 41.9 Å². The molecule has 176 valence electrons. The number of carbonyl (C=O) groups is 2. The van der Waals surface area contributed by atoms with Crippen molar-refractivity contribution in [1.82, 2.24) is 10.6 Å². The number of rotatable bonds is 5. The molecule has 0 aliphatic carbocycles. The average Bonchev–Trinajstić information content (AvgIpc) is 2.70. The lowest BCUT2D eigenvalue weighted by Gasteiger charge is -2.49. The Hall–Kier alpha value is -2.93. The summed E-state index contributed by atoms with van der Waals surface area (Å²) in [6.07, 6.45) is 0.883. The van der Waals surface area contributed by atoms with Gasteiger partial charge in [0.2, 0.25) is 0 Å². The number of hydrogen-bond acceptors (Lipinski definition) is 5. The van der Waals surface area contributed by atoms with Gasteiger partial charge in [0.1, 0.15) is 11.5 Å². The second kappa shape index (κ2) is 8.78. The number of amides is 2. The molecule has 1 spiro atoms. The Morgan fingerprint density at radius 1 is 1.21 bits per heavy atom. The SMILES string of the molecule is CC(C)OC(=O)COc1cc2c(cc1Cl)[C@@H](c1ccccc1)C[C@@]1(CC(C)(C)NC(=O)N1)O2. The van der Waals surface area contributed by atoms with Gasteiger partial charge in [-0.25, -0.2) is 9.59 Å². The largest absolute Gasteiger partial charge is 0.480 e. The van der Waals surface area contributed by atoms with Crippen molar-refractivity contribution in [1.29, 1.82) is 0 Å². The first-order valence-corrected chi connectivity index (χ1v) is 11.4. The molecule has 2 N–H and O–H groups in total. The number of carbonyl (C=O) groups excluding carboxylic acids is 2. The third-order valence-corrected chi connectivity index (χ3v) is 6.01. The van der Waals surface area contributed by atoms with Crippen LogP contribution in [0, 0.1) is 0 Å². The van der Waals surface area contributed by atoms with Crippen molar-refractivity contribution < 1.29 is 23.8 Å². The molecular formula is C25H29ClN2O5. The zero-order valence-electron chi connectivity index (χ0n) is 19.2. The molecule has 2 amide bonds. The van der Waals surface area contributed by atoms with Crippen molar-refractivity contribution in [3.8, 4) is 11.5 Å². The number of hydrogen-bond donors (Lipinski definition) is 2. The quantitative estimate of drug-likeness (QED) is 0.612. The van der Waals surface area contributed by atoms with E-state index in [1.165, 1.54) is 0 Å². The van der Waals surface area contributed by atoms with Gasteiger partial charge in [0.15, 0.2) is 12.3 Å². The Labute approximate surface area is 198 Å². The molecule has 2 aromatic carbocycles. The van der Waals surface area contributed by atoms with E-state index >= 15 is 0 Å². The van der Waals surface area contributed by atoms with E-state index in [4.69, 9.17) is 25.8 Å². The van der Waals surface area contributed by atoms with E-state index in [2.05, 4.69) is 22.8 Å². The Morgan fingerprint density at radius 2 is 1.94 bits per heavy atom. The van der Waals surface area contributed by atoms with Crippen LogP contribution in [0.15, 0.2) is 42.5 Å². The van der Waals surface area contributed by atoms with Gasteiger partial charge in [-0.15, -0.1) is 0 Å². The van der Waals surface area contributed by atoms with E-state index in [0.29, 0.717) is 29.4 Å². The highest BCUT2D eigenvalue weighted by Gasteiger charge is 2.49. The maximum atomic E-state index is 12.5. The molecule has 1 fully saturated rings. The van der Waals surface area contributed by atoms with Crippen molar-refractivity contribution in [2.75, 3.05) is 6.61 Å². The number of halogens is 1. The molecule has 33 heavy (non-hydrogen) atoms. The van der Waals surface area contributed by atoms with Crippen LogP contribution in [0.5, 0.6) is 11.5 Å². The topological polar surface area (TPSA) is 85.9 Å². The minimum atomic E-state index is -0.902. The maximum Gasteiger partial charge on any atom is 0.344 e. The van der Waals surface area contributed by atoms with Gasteiger partial charge in [-0.05, 0) is 39.3 Å². The summed E-state index contributed by atoms with van der Waals surface area (Å²) in [6.45, 7) is 7.23. The average molecular weight is 473 g/mol. The predicted octanol–water partition coefficient (Wildman–Crippen LogP) is 4.76. The van der Waals surface area contributed by atoms with E-state index in [-0.39, 0.29) is 24.7 Å².